The Morgan fingerprint density at radius 3 is 2.67 bits per heavy atom. The molecule has 7 heteroatoms. The van der Waals surface area contributed by atoms with Crippen LogP contribution in [-0.4, -0.2) is 18.1 Å². The van der Waals surface area contributed by atoms with Crippen molar-refractivity contribution in [2.24, 2.45) is 0 Å². The van der Waals surface area contributed by atoms with Crippen molar-refractivity contribution in [2.45, 2.75) is 33.1 Å². The van der Waals surface area contributed by atoms with Crippen molar-refractivity contribution in [3.05, 3.63) is 61.9 Å². The van der Waals surface area contributed by atoms with Crippen LogP contribution in [0.15, 0.2) is 29.5 Å². The maximum Gasteiger partial charge on any atom is 0.336 e. The quantitative estimate of drug-likeness (QED) is 0.713. The van der Waals surface area contributed by atoms with E-state index in [0.717, 1.165) is 17.7 Å². The molecule has 1 atom stereocenters. The number of carbonyl (C=O) groups excluding carboxylic acids is 1. The molecule has 3 N–H and O–H groups in total. The highest BCUT2D eigenvalue weighted by atomic mass is 35.5. The number of nitrogen functional groups attached to an aromatic ring is 1. The van der Waals surface area contributed by atoms with Gasteiger partial charge in [-0.15, -0.1) is 0 Å². The van der Waals surface area contributed by atoms with Crippen LogP contribution >= 0.6 is 23.2 Å². The number of anilines is 2. The first kappa shape index (κ1) is 19.5. The van der Waals surface area contributed by atoms with E-state index in [2.05, 4.69) is 5.32 Å². The first-order chi connectivity index (χ1) is 12.8. The predicted molar refractivity (Wildman–Crippen MR) is 109 cm³/mol. The number of pyridine rings is 1. The van der Waals surface area contributed by atoms with Crippen LogP contribution in [0.3, 0.4) is 0 Å². The van der Waals surface area contributed by atoms with E-state index in [9.17, 15) is 4.79 Å². The number of nitrogens with one attached hydrogen (secondary N) is 1. The molecule has 3 rings (SSSR count). The molecule has 2 heterocycles. The number of hydrogen-bond acceptors (Lipinski definition) is 5. The summed E-state index contributed by atoms with van der Waals surface area (Å²) in [5.41, 5.74) is 11.4. The van der Waals surface area contributed by atoms with Crippen LogP contribution in [0.5, 0.6) is 0 Å². The van der Waals surface area contributed by atoms with Gasteiger partial charge in [0.05, 0.1) is 28.6 Å². The molecule has 1 aromatic carbocycles. The van der Waals surface area contributed by atoms with Crippen LogP contribution in [0.2, 0.25) is 10.0 Å². The van der Waals surface area contributed by atoms with Gasteiger partial charge in [-0.05, 0) is 37.5 Å². The molecular formula is C20H21Cl2N3O2. The van der Waals surface area contributed by atoms with Gasteiger partial charge in [-0.3, -0.25) is 0 Å². The van der Waals surface area contributed by atoms with Gasteiger partial charge in [-0.2, -0.15) is 0 Å². The zero-order valence-electron chi connectivity index (χ0n) is 15.6. The number of ether oxygens (including phenoxy) is 1. The first-order valence-corrected chi connectivity index (χ1v) is 9.36. The van der Waals surface area contributed by atoms with Crippen LogP contribution < -0.4 is 11.1 Å². The van der Waals surface area contributed by atoms with E-state index >= 15 is 0 Å². The minimum Gasteiger partial charge on any atom is -0.466 e. The van der Waals surface area contributed by atoms with Crippen molar-refractivity contribution < 1.29 is 9.53 Å². The average Bonchev–Trinajstić information content (AvgIpc) is 2.65. The van der Waals surface area contributed by atoms with E-state index in [1.165, 1.54) is 7.11 Å². The van der Waals surface area contributed by atoms with Crippen molar-refractivity contribution in [1.82, 2.24) is 4.98 Å². The number of hydrogen-bond donors (Lipinski definition) is 2. The SMILES string of the molecule is CCc1nc2c(c(N)c1C)C(c1cccc(Cl)c1Cl)C(C(=O)OC)=C(C)N2. The van der Waals surface area contributed by atoms with Crippen LogP contribution in [0.1, 0.15) is 42.1 Å². The second-order valence-electron chi connectivity index (χ2n) is 6.44. The van der Waals surface area contributed by atoms with E-state index in [1.807, 2.05) is 26.8 Å². The van der Waals surface area contributed by atoms with E-state index in [4.69, 9.17) is 38.7 Å². The van der Waals surface area contributed by atoms with E-state index < -0.39 is 11.9 Å². The highest BCUT2D eigenvalue weighted by Crippen LogP contribution is 2.48. The smallest absolute Gasteiger partial charge is 0.336 e. The molecule has 1 aliphatic heterocycles. The fraction of sp³-hybridized carbons (Fsp3) is 0.300. The molecule has 0 radical (unpaired) electrons. The van der Waals surface area contributed by atoms with Gasteiger partial charge < -0.3 is 15.8 Å². The van der Waals surface area contributed by atoms with Gasteiger partial charge in [0.25, 0.3) is 0 Å². The highest BCUT2D eigenvalue weighted by Gasteiger charge is 2.37. The number of aromatic nitrogens is 1. The molecule has 5 nitrogen and oxygen atoms in total. The van der Waals surface area contributed by atoms with Crippen molar-refractivity contribution in [3.8, 4) is 0 Å². The summed E-state index contributed by atoms with van der Waals surface area (Å²) in [7, 11) is 1.35. The lowest BCUT2D eigenvalue weighted by molar-refractivity contribution is -0.136. The van der Waals surface area contributed by atoms with Crippen molar-refractivity contribution >= 4 is 40.7 Å². The normalized spacial score (nSPS) is 16.0. The Morgan fingerprint density at radius 2 is 2.04 bits per heavy atom. The summed E-state index contributed by atoms with van der Waals surface area (Å²) in [5, 5.41) is 4.00. The van der Waals surface area contributed by atoms with Gasteiger partial charge in [-0.25, -0.2) is 9.78 Å². The number of nitrogens with two attached hydrogens (primary N) is 1. The molecule has 27 heavy (non-hydrogen) atoms. The summed E-state index contributed by atoms with van der Waals surface area (Å²) >= 11 is 12.8. The zero-order chi connectivity index (χ0) is 19.9. The van der Waals surface area contributed by atoms with Crippen molar-refractivity contribution in [3.63, 3.8) is 0 Å². The molecule has 0 spiro atoms. The van der Waals surface area contributed by atoms with E-state index in [-0.39, 0.29) is 0 Å². The van der Waals surface area contributed by atoms with Crippen LogP contribution in [0, 0.1) is 6.92 Å². The van der Waals surface area contributed by atoms with Crippen LogP contribution in [0.4, 0.5) is 11.5 Å². The van der Waals surface area contributed by atoms with Gasteiger partial charge in [0.15, 0.2) is 0 Å². The van der Waals surface area contributed by atoms with Gasteiger partial charge in [0, 0.05) is 22.6 Å². The minimum atomic E-state index is -0.531. The lowest BCUT2D eigenvalue weighted by Crippen LogP contribution is -2.26. The predicted octanol–water partition coefficient (Wildman–Crippen LogP) is 4.85. The van der Waals surface area contributed by atoms with Crippen molar-refractivity contribution in [2.75, 3.05) is 18.2 Å². The van der Waals surface area contributed by atoms with Gasteiger partial charge in [-0.1, -0.05) is 42.3 Å². The van der Waals surface area contributed by atoms with E-state index in [1.54, 1.807) is 12.1 Å². The van der Waals surface area contributed by atoms with Crippen molar-refractivity contribution in [1.29, 1.82) is 0 Å². The summed E-state index contributed by atoms with van der Waals surface area (Å²) in [6, 6.07) is 5.34. The zero-order valence-corrected chi connectivity index (χ0v) is 17.1. The topological polar surface area (TPSA) is 77.2 Å². The Bertz CT molecular complexity index is 970. The van der Waals surface area contributed by atoms with Gasteiger partial charge in [0.1, 0.15) is 5.82 Å². The molecule has 0 aliphatic carbocycles. The molecule has 1 aromatic heterocycles. The van der Waals surface area contributed by atoms with Crippen LogP contribution in [-0.2, 0) is 16.0 Å². The minimum absolute atomic E-state index is 0.378. The average molecular weight is 406 g/mol. The third-order valence-corrected chi connectivity index (χ3v) is 5.78. The lowest BCUT2D eigenvalue weighted by atomic mass is 9.80. The highest BCUT2D eigenvalue weighted by molar-refractivity contribution is 6.42. The standard InChI is InChI=1S/C20H21Cl2N3O2/c1-5-13-9(2)18(23)16-15(11-7-6-8-12(21)17(11)22)14(20(26)27-4)10(3)24-19(16)25-13/h6-8,15H,5H2,1-4H3,(H3,23,24,25). The summed E-state index contributed by atoms with van der Waals surface area (Å²) < 4.78 is 5.04. The molecule has 1 aliphatic rings. The molecule has 0 fully saturated rings. The molecule has 0 amide bonds. The molecule has 2 aromatic rings. The molecule has 0 saturated carbocycles. The monoisotopic (exact) mass is 405 g/mol. The fourth-order valence-corrected chi connectivity index (χ4v) is 3.95. The van der Waals surface area contributed by atoms with Gasteiger partial charge >= 0.3 is 5.97 Å². The number of halogens is 2. The Kier molecular flexibility index (Phi) is 5.36. The first-order valence-electron chi connectivity index (χ1n) is 8.60. The molecule has 142 valence electrons. The number of allylic oxidation sites excluding steroid dienone is 1. The largest absolute Gasteiger partial charge is 0.466 e. The number of esters is 1. The number of fused-ring (bicyclic) bond motifs is 1. The summed E-state index contributed by atoms with van der Waals surface area (Å²) in [6.45, 7) is 5.77. The third-order valence-electron chi connectivity index (χ3n) is 4.95. The maximum atomic E-state index is 12.6. The molecule has 0 bridgehead atoms. The fourth-order valence-electron chi connectivity index (χ4n) is 3.54. The Morgan fingerprint density at radius 1 is 1.33 bits per heavy atom. The molecule has 1 unspecified atom stereocenters. The lowest BCUT2D eigenvalue weighted by Gasteiger charge is -2.32. The summed E-state index contributed by atoms with van der Waals surface area (Å²) in [4.78, 5) is 17.4. The third kappa shape index (κ3) is 3.15. The number of rotatable bonds is 3. The van der Waals surface area contributed by atoms with E-state index in [0.29, 0.717) is 43.9 Å². The molecular weight excluding hydrogens is 385 g/mol. The Balaban J connectivity index is 2.38. The number of aryl methyl sites for hydroxylation is 1. The summed E-state index contributed by atoms with van der Waals surface area (Å²) in [5.74, 6) is -0.360. The second-order valence-corrected chi connectivity index (χ2v) is 7.23. The summed E-state index contributed by atoms with van der Waals surface area (Å²) in [6.07, 6.45) is 0.750. The number of methoxy groups -OCH3 is 1. The number of carbonyl (C=O) groups is 1. The molecule has 0 saturated heterocycles. The van der Waals surface area contributed by atoms with Crippen LogP contribution in [0.25, 0.3) is 0 Å². The Labute approximate surface area is 168 Å². The Hall–Kier alpha value is -2.24. The number of nitrogens with zero attached hydrogens (tertiary/aromatic N) is 1. The van der Waals surface area contributed by atoms with Gasteiger partial charge in [0.2, 0.25) is 0 Å². The number of benzene rings is 1. The second kappa shape index (κ2) is 7.41. The maximum absolute atomic E-state index is 12.6.